The zero-order chi connectivity index (χ0) is 42.3. The lowest BCUT2D eigenvalue weighted by atomic mass is 10.1. The molecule has 61 heavy (non-hydrogen) atoms. The summed E-state index contributed by atoms with van der Waals surface area (Å²) in [5, 5.41) is 6.60. The van der Waals surface area contributed by atoms with Crippen LogP contribution in [0, 0.1) is 0 Å². The van der Waals surface area contributed by atoms with Crippen molar-refractivity contribution < 1.29 is 9.47 Å². The molecule has 0 atom stereocenters. The number of rotatable bonds is 15. The topological polar surface area (TPSA) is 155 Å². The molecule has 6 aromatic rings. The van der Waals surface area contributed by atoms with Gasteiger partial charge in [-0.1, -0.05) is 36.4 Å². The van der Waals surface area contributed by atoms with Gasteiger partial charge in [0.2, 0.25) is 0 Å². The minimum Gasteiger partial charge on any atom is -0.492 e. The van der Waals surface area contributed by atoms with Crippen LogP contribution in [0.15, 0.2) is 144 Å². The van der Waals surface area contributed by atoms with Gasteiger partial charge in [0.25, 0.3) is 11.1 Å². The van der Waals surface area contributed by atoms with Gasteiger partial charge in [-0.2, -0.15) is 0 Å². The SMILES string of the molecule is ClCc1ccncc1.O=c1[nH]ccnc1NC1CCN(CCOc2ccccc2)CC1.O=c1c(NC2CCN(CCOc3ccccc3)CC2)nccn1Cc1ccncc1. The van der Waals surface area contributed by atoms with Gasteiger partial charge < -0.3 is 29.7 Å². The summed E-state index contributed by atoms with van der Waals surface area (Å²) < 4.78 is 13.2. The highest BCUT2D eigenvalue weighted by Gasteiger charge is 2.21. The van der Waals surface area contributed by atoms with Gasteiger partial charge in [-0.3, -0.25) is 29.4 Å². The molecule has 2 aliphatic heterocycles. The normalized spacial score (nSPS) is 14.7. The Morgan fingerprint density at radius 2 is 1.11 bits per heavy atom. The van der Waals surface area contributed by atoms with Crippen LogP contribution in [-0.4, -0.2) is 104 Å². The lowest BCUT2D eigenvalue weighted by Gasteiger charge is -2.32. The van der Waals surface area contributed by atoms with E-state index < -0.39 is 0 Å². The molecular weight excluding hydrogens is 792 g/mol. The number of aromatic nitrogens is 6. The molecule has 0 amide bonds. The molecular formula is C46H55ClN10O4. The molecule has 8 rings (SSSR count). The molecule has 2 saturated heterocycles. The van der Waals surface area contributed by atoms with Gasteiger partial charge in [0.15, 0.2) is 11.6 Å². The van der Waals surface area contributed by atoms with Crippen LogP contribution in [0.1, 0.15) is 36.8 Å². The van der Waals surface area contributed by atoms with E-state index >= 15 is 0 Å². The molecule has 0 unspecified atom stereocenters. The van der Waals surface area contributed by atoms with Gasteiger partial charge in [-0.15, -0.1) is 11.6 Å². The number of pyridine rings is 2. The average Bonchev–Trinajstić information content (AvgIpc) is 3.31. The molecule has 2 fully saturated rings. The van der Waals surface area contributed by atoms with Crippen LogP contribution in [0.3, 0.4) is 0 Å². The van der Waals surface area contributed by atoms with Gasteiger partial charge in [-0.05, 0) is 85.3 Å². The first-order valence-electron chi connectivity index (χ1n) is 20.8. The maximum absolute atomic E-state index is 12.8. The summed E-state index contributed by atoms with van der Waals surface area (Å²) in [6, 6.07) is 28.0. The molecule has 6 heterocycles. The lowest BCUT2D eigenvalue weighted by molar-refractivity contribution is 0.177. The molecule has 320 valence electrons. The Morgan fingerprint density at radius 1 is 0.623 bits per heavy atom. The number of halogens is 1. The van der Waals surface area contributed by atoms with Crippen molar-refractivity contribution in [2.45, 2.75) is 50.2 Å². The Balaban J connectivity index is 0.000000177. The van der Waals surface area contributed by atoms with Crippen LogP contribution >= 0.6 is 11.6 Å². The van der Waals surface area contributed by atoms with E-state index in [9.17, 15) is 9.59 Å². The zero-order valence-corrected chi connectivity index (χ0v) is 35.2. The molecule has 0 spiro atoms. The second kappa shape index (κ2) is 24.9. The summed E-state index contributed by atoms with van der Waals surface area (Å²) in [5.74, 6) is 3.24. The molecule has 4 aromatic heterocycles. The smallest absolute Gasteiger partial charge is 0.293 e. The Hall–Kier alpha value is -6.09. The average molecular weight is 847 g/mol. The summed E-state index contributed by atoms with van der Waals surface area (Å²) in [5.41, 5.74) is 1.90. The molecule has 2 aliphatic rings. The molecule has 2 aromatic carbocycles. The van der Waals surface area contributed by atoms with Crippen molar-refractivity contribution in [3.63, 3.8) is 0 Å². The fourth-order valence-electron chi connectivity index (χ4n) is 6.89. The first-order chi connectivity index (χ1) is 30.0. The highest BCUT2D eigenvalue weighted by atomic mass is 35.5. The van der Waals surface area contributed by atoms with Crippen molar-refractivity contribution in [2.75, 3.05) is 63.1 Å². The van der Waals surface area contributed by atoms with Crippen LogP contribution in [0.4, 0.5) is 11.6 Å². The monoisotopic (exact) mass is 846 g/mol. The molecule has 0 saturated carbocycles. The van der Waals surface area contributed by atoms with Crippen molar-refractivity contribution in [1.29, 1.82) is 0 Å². The van der Waals surface area contributed by atoms with Crippen molar-refractivity contribution >= 4 is 23.2 Å². The number of para-hydroxylation sites is 2. The quantitative estimate of drug-likeness (QED) is 0.101. The second-order valence-corrected chi connectivity index (χ2v) is 14.9. The van der Waals surface area contributed by atoms with Gasteiger partial charge in [-0.25, -0.2) is 9.97 Å². The third-order valence-electron chi connectivity index (χ3n) is 10.3. The third-order valence-corrected chi connectivity index (χ3v) is 10.6. The number of hydrogen-bond acceptors (Lipinski definition) is 12. The maximum atomic E-state index is 12.8. The van der Waals surface area contributed by atoms with E-state index in [1.54, 1.807) is 54.1 Å². The molecule has 0 radical (unpaired) electrons. The minimum atomic E-state index is -0.161. The number of alkyl halides is 1. The van der Waals surface area contributed by atoms with E-state index in [-0.39, 0.29) is 17.2 Å². The number of ether oxygens (including phenoxy) is 2. The minimum absolute atomic E-state index is 0.0898. The predicted octanol–water partition coefficient (Wildman–Crippen LogP) is 6.19. The van der Waals surface area contributed by atoms with Crippen LogP contribution in [-0.2, 0) is 12.4 Å². The van der Waals surface area contributed by atoms with Gasteiger partial charge in [0.05, 0.1) is 6.54 Å². The molecule has 15 heteroatoms. The van der Waals surface area contributed by atoms with E-state index in [2.05, 4.69) is 45.4 Å². The van der Waals surface area contributed by atoms with E-state index in [0.717, 1.165) is 87.6 Å². The highest BCUT2D eigenvalue weighted by Crippen LogP contribution is 2.16. The second-order valence-electron chi connectivity index (χ2n) is 14.7. The summed E-state index contributed by atoms with van der Waals surface area (Å²) in [4.78, 5) is 48.1. The van der Waals surface area contributed by atoms with Gasteiger partial charge >= 0.3 is 0 Å². The Morgan fingerprint density at radius 3 is 1.61 bits per heavy atom. The standard InChI is InChI=1S/C23H27N5O2.C17H22N4O2.C6H6ClN/c29-23-22(25-12-15-28(23)18-19-6-10-24-11-7-19)26-20-8-13-27(14-9-20)16-17-30-21-4-2-1-3-5-21;22-17-16(18-8-9-19-17)20-14-6-10-21(11-7-14)12-13-23-15-4-2-1-3-5-15;7-5-6-1-3-8-4-2-6/h1-7,10-12,15,20H,8-9,13-14,16-18H2,(H,25,26);1-5,8-9,14H,6-7,10-13H2,(H,18,20)(H,19,22);1-4H,5H2. The number of H-pyrrole nitrogens is 1. The maximum Gasteiger partial charge on any atom is 0.293 e. The van der Waals surface area contributed by atoms with Crippen LogP contribution in [0.5, 0.6) is 11.5 Å². The van der Waals surface area contributed by atoms with E-state index in [0.29, 0.717) is 43.3 Å². The number of nitrogens with zero attached hydrogens (tertiary/aromatic N) is 7. The van der Waals surface area contributed by atoms with Crippen molar-refractivity contribution in [2.24, 2.45) is 0 Å². The highest BCUT2D eigenvalue weighted by molar-refractivity contribution is 6.17. The van der Waals surface area contributed by atoms with E-state index in [1.165, 1.54) is 0 Å². The number of anilines is 2. The zero-order valence-electron chi connectivity index (χ0n) is 34.4. The van der Waals surface area contributed by atoms with Crippen molar-refractivity contribution in [3.8, 4) is 11.5 Å². The summed E-state index contributed by atoms with van der Waals surface area (Å²) >= 11 is 5.50. The molecule has 0 aliphatic carbocycles. The first-order valence-corrected chi connectivity index (χ1v) is 21.3. The first kappa shape index (κ1) is 44.5. The Kier molecular flexibility index (Phi) is 18.1. The number of hydrogen-bond donors (Lipinski definition) is 3. The Bertz CT molecular complexity index is 2220. The van der Waals surface area contributed by atoms with Crippen LogP contribution < -0.4 is 31.2 Å². The number of benzene rings is 2. The van der Waals surface area contributed by atoms with Crippen LogP contribution in [0.2, 0.25) is 0 Å². The predicted molar refractivity (Wildman–Crippen MR) is 241 cm³/mol. The summed E-state index contributed by atoms with van der Waals surface area (Å²) in [6.07, 6.45) is 17.4. The summed E-state index contributed by atoms with van der Waals surface area (Å²) in [7, 11) is 0. The fraction of sp³-hybridized carbons (Fsp3) is 0.348. The largest absolute Gasteiger partial charge is 0.492 e. The summed E-state index contributed by atoms with van der Waals surface area (Å²) in [6.45, 7) is 7.68. The van der Waals surface area contributed by atoms with Gasteiger partial charge in [0, 0.05) is 107 Å². The van der Waals surface area contributed by atoms with Crippen LogP contribution in [0.25, 0.3) is 0 Å². The fourth-order valence-corrected chi connectivity index (χ4v) is 7.07. The van der Waals surface area contributed by atoms with E-state index in [4.69, 9.17) is 21.1 Å². The number of nitrogens with one attached hydrogen (secondary N) is 3. The van der Waals surface area contributed by atoms with E-state index in [1.807, 2.05) is 84.9 Å². The van der Waals surface area contributed by atoms with Crippen molar-refractivity contribution in [3.05, 3.63) is 166 Å². The Labute approximate surface area is 362 Å². The number of piperidine rings is 2. The lowest BCUT2D eigenvalue weighted by Crippen LogP contribution is -2.42. The molecule has 0 bridgehead atoms. The third kappa shape index (κ3) is 15.5. The van der Waals surface area contributed by atoms with Gasteiger partial charge in [0.1, 0.15) is 24.7 Å². The van der Waals surface area contributed by atoms with Crippen molar-refractivity contribution in [1.82, 2.24) is 39.3 Å². The molecule has 14 nitrogen and oxygen atoms in total. The number of aromatic amines is 1. The number of likely N-dealkylation sites (tertiary alicyclic amines) is 2. The molecule has 3 N–H and O–H groups in total.